The summed E-state index contributed by atoms with van der Waals surface area (Å²) in [6, 6.07) is 12.0. The van der Waals surface area contributed by atoms with Gasteiger partial charge in [-0.15, -0.1) is 0 Å². The van der Waals surface area contributed by atoms with E-state index in [0.717, 1.165) is 4.47 Å². The molecule has 180 valence electrons. The molecule has 0 unspecified atom stereocenters. The standard InChI is InChI=1S/C26H26BrClO6/c1-26(2,3)34-25(30)15-11-17(12-15)31-9-10-32-22-13-16(27)7-8-19(22)23-14-21(29)18-5-4-6-20(28)24(18)33-23/h4-8,13-15,17H,9-12H2,1-3H3. The van der Waals surface area contributed by atoms with Crippen LogP contribution in [0, 0.1) is 5.92 Å². The van der Waals surface area contributed by atoms with E-state index in [4.69, 9.17) is 30.2 Å². The summed E-state index contributed by atoms with van der Waals surface area (Å²) in [6.45, 7) is 6.26. The van der Waals surface area contributed by atoms with E-state index in [1.807, 2.05) is 39.0 Å². The van der Waals surface area contributed by atoms with Crippen molar-refractivity contribution in [1.29, 1.82) is 0 Å². The summed E-state index contributed by atoms with van der Waals surface area (Å²) in [4.78, 5) is 24.7. The minimum atomic E-state index is -0.478. The van der Waals surface area contributed by atoms with Gasteiger partial charge in [-0.2, -0.15) is 0 Å². The van der Waals surface area contributed by atoms with Crippen molar-refractivity contribution < 1.29 is 23.4 Å². The van der Waals surface area contributed by atoms with Crippen LogP contribution in [-0.4, -0.2) is 30.9 Å². The van der Waals surface area contributed by atoms with Crippen LogP contribution in [0.4, 0.5) is 0 Å². The quantitative estimate of drug-likeness (QED) is 0.251. The van der Waals surface area contributed by atoms with Gasteiger partial charge in [0.2, 0.25) is 0 Å². The average Bonchev–Trinajstić information content (AvgIpc) is 2.71. The number of para-hydroxylation sites is 1. The maximum Gasteiger partial charge on any atom is 0.309 e. The molecule has 6 nitrogen and oxygen atoms in total. The fourth-order valence-corrected chi connectivity index (χ4v) is 4.29. The Morgan fingerprint density at radius 3 is 2.65 bits per heavy atom. The Balaban J connectivity index is 1.38. The zero-order valence-corrected chi connectivity index (χ0v) is 21.6. The van der Waals surface area contributed by atoms with Crippen LogP contribution >= 0.6 is 27.5 Å². The van der Waals surface area contributed by atoms with Crippen molar-refractivity contribution in [2.45, 2.75) is 45.3 Å². The number of benzene rings is 2. The van der Waals surface area contributed by atoms with Gasteiger partial charge in [0.05, 0.1) is 34.6 Å². The molecular weight excluding hydrogens is 524 g/mol. The van der Waals surface area contributed by atoms with Crippen molar-refractivity contribution in [2.24, 2.45) is 5.92 Å². The molecule has 0 radical (unpaired) electrons. The molecule has 1 heterocycles. The summed E-state index contributed by atoms with van der Waals surface area (Å²) in [5.74, 6) is 0.643. The lowest BCUT2D eigenvalue weighted by Gasteiger charge is -2.35. The van der Waals surface area contributed by atoms with Gasteiger partial charge in [0, 0.05) is 10.5 Å². The molecule has 0 aliphatic heterocycles. The molecule has 4 rings (SSSR count). The number of rotatable bonds is 7. The number of fused-ring (bicyclic) bond motifs is 1. The van der Waals surface area contributed by atoms with Crippen LogP contribution in [-0.2, 0) is 14.3 Å². The molecular formula is C26H26BrClO6. The maximum atomic E-state index is 12.6. The maximum absolute atomic E-state index is 12.6. The van der Waals surface area contributed by atoms with Crippen molar-refractivity contribution in [2.75, 3.05) is 13.2 Å². The van der Waals surface area contributed by atoms with Crippen LogP contribution in [0.2, 0.25) is 5.02 Å². The summed E-state index contributed by atoms with van der Waals surface area (Å²) in [6.07, 6.45) is 1.32. The fraction of sp³-hybridized carbons (Fsp3) is 0.385. The van der Waals surface area contributed by atoms with Gasteiger partial charge >= 0.3 is 5.97 Å². The van der Waals surface area contributed by atoms with Crippen molar-refractivity contribution in [3.63, 3.8) is 0 Å². The second-order valence-corrected chi connectivity index (χ2v) is 10.6. The first-order valence-corrected chi connectivity index (χ1v) is 12.3. The normalized spacial score (nSPS) is 17.9. The van der Waals surface area contributed by atoms with Gasteiger partial charge in [-0.05, 0) is 63.9 Å². The molecule has 1 saturated carbocycles. The first kappa shape index (κ1) is 24.8. The van der Waals surface area contributed by atoms with Crippen LogP contribution < -0.4 is 10.2 Å². The lowest BCUT2D eigenvalue weighted by Crippen LogP contribution is -2.40. The number of ether oxygens (including phenoxy) is 3. The van der Waals surface area contributed by atoms with Crippen molar-refractivity contribution >= 4 is 44.5 Å². The Morgan fingerprint density at radius 2 is 1.91 bits per heavy atom. The molecule has 34 heavy (non-hydrogen) atoms. The van der Waals surface area contributed by atoms with E-state index in [9.17, 15) is 9.59 Å². The van der Waals surface area contributed by atoms with Gasteiger partial charge in [0.25, 0.3) is 0 Å². The monoisotopic (exact) mass is 548 g/mol. The molecule has 0 N–H and O–H groups in total. The van der Waals surface area contributed by atoms with Crippen LogP contribution in [0.3, 0.4) is 0 Å². The summed E-state index contributed by atoms with van der Waals surface area (Å²) < 4.78 is 24.0. The number of hydrogen-bond donors (Lipinski definition) is 0. The summed E-state index contributed by atoms with van der Waals surface area (Å²) in [5, 5.41) is 0.795. The number of hydrogen-bond acceptors (Lipinski definition) is 6. The second kappa shape index (κ2) is 10.1. The zero-order valence-electron chi connectivity index (χ0n) is 19.2. The molecule has 0 amide bonds. The molecule has 8 heteroatoms. The van der Waals surface area contributed by atoms with Gasteiger partial charge in [-0.25, -0.2) is 0 Å². The molecule has 1 aliphatic carbocycles. The van der Waals surface area contributed by atoms with E-state index in [2.05, 4.69) is 15.9 Å². The van der Waals surface area contributed by atoms with Crippen LogP contribution in [0.25, 0.3) is 22.3 Å². The van der Waals surface area contributed by atoms with E-state index >= 15 is 0 Å². The molecule has 0 atom stereocenters. The van der Waals surface area contributed by atoms with Gasteiger partial charge in [0.15, 0.2) is 11.0 Å². The summed E-state index contributed by atoms with van der Waals surface area (Å²) in [5.41, 5.74) is 0.318. The van der Waals surface area contributed by atoms with Gasteiger partial charge < -0.3 is 18.6 Å². The number of carbonyl (C=O) groups excluding carboxylic acids is 1. The molecule has 1 aliphatic rings. The highest BCUT2D eigenvalue weighted by molar-refractivity contribution is 9.10. The lowest BCUT2D eigenvalue weighted by atomic mass is 9.82. The third kappa shape index (κ3) is 5.82. The predicted octanol–water partition coefficient (Wildman–Crippen LogP) is 6.39. The Labute approximate surface area is 211 Å². The highest BCUT2D eigenvalue weighted by Crippen LogP contribution is 2.35. The Bertz CT molecular complexity index is 1260. The Hall–Kier alpha value is -2.35. The van der Waals surface area contributed by atoms with Crippen LogP contribution in [0.5, 0.6) is 5.75 Å². The fourth-order valence-electron chi connectivity index (χ4n) is 3.74. The van der Waals surface area contributed by atoms with Gasteiger partial charge in [0.1, 0.15) is 23.7 Å². The van der Waals surface area contributed by atoms with E-state index < -0.39 is 5.60 Å². The molecule has 1 fully saturated rings. The molecule has 1 aromatic heterocycles. The molecule has 0 bridgehead atoms. The third-order valence-corrected chi connectivity index (χ3v) is 6.24. The summed E-state index contributed by atoms with van der Waals surface area (Å²) in [7, 11) is 0. The van der Waals surface area contributed by atoms with Gasteiger partial charge in [-0.1, -0.05) is 33.6 Å². The van der Waals surface area contributed by atoms with Crippen molar-refractivity contribution in [3.8, 4) is 17.1 Å². The minimum absolute atomic E-state index is 0.0174. The number of carbonyl (C=O) groups is 1. The number of esters is 1. The van der Waals surface area contributed by atoms with Crippen molar-refractivity contribution in [1.82, 2.24) is 0 Å². The van der Waals surface area contributed by atoms with E-state index in [1.165, 1.54) is 6.07 Å². The Kier molecular flexibility index (Phi) is 7.36. The number of halogens is 2. The van der Waals surface area contributed by atoms with E-state index in [-0.39, 0.29) is 23.4 Å². The SMILES string of the molecule is CC(C)(C)OC(=O)C1CC(OCCOc2cc(Br)ccc2-c2cc(=O)c3cccc(Cl)c3o2)C1. The third-order valence-electron chi connectivity index (χ3n) is 5.45. The molecule has 2 aromatic carbocycles. The molecule has 0 spiro atoms. The topological polar surface area (TPSA) is 75.0 Å². The molecule has 0 saturated heterocycles. The minimum Gasteiger partial charge on any atom is -0.490 e. The van der Waals surface area contributed by atoms with Crippen molar-refractivity contribution in [3.05, 3.63) is 62.2 Å². The molecule has 3 aromatic rings. The highest BCUT2D eigenvalue weighted by Gasteiger charge is 2.37. The van der Waals surface area contributed by atoms with E-state index in [0.29, 0.717) is 59.1 Å². The lowest BCUT2D eigenvalue weighted by molar-refractivity contribution is -0.169. The first-order chi connectivity index (χ1) is 16.1. The van der Waals surface area contributed by atoms with E-state index in [1.54, 1.807) is 18.2 Å². The smallest absolute Gasteiger partial charge is 0.309 e. The van der Waals surface area contributed by atoms with Crippen LogP contribution in [0.1, 0.15) is 33.6 Å². The Morgan fingerprint density at radius 1 is 1.15 bits per heavy atom. The van der Waals surface area contributed by atoms with Crippen LogP contribution in [0.15, 0.2) is 56.1 Å². The average molecular weight is 550 g/mol. The largest absolute Gasteiger partial charge is 0.490 e. The first-order valence-electron chi connectivity index (χ1n) is 11.1. The highest BCUT2D eigenvalue weighted by atomic mass is 79.9. The zero-order chi connectivity index (χ0) is 24.5. The predicted molar refractivity (Wildman–Crippen MR) is 134 cm³/mol. The van der Waals surface area contributed by atoms with Gasteiger partial charge in [-0.3, -0.25) is 9.59 Å². The summed E-state index contributed by atoms with van der Waals surface area (Å²) >= 11 is 9.71. The second-order valence-electron chi connectivity index (χ2n) is 9.27.